The maximum Gasteiger partial charge on any atom is 0.309 e. The first-order valence-corrected chi connectivity index (χ1v) is 13.3. The number of ether oxygens (including phenoxy) is 2. The van der Waals surface area contributed by atoms with E-state index in [1.54, 1.807) is 54.6 Å². The molecule has 42 heavy (non-hydrogen) atoms. The second-order valence-electron chi connectivity index (χ2n) is 9.93. The Bertz CT molecular complexity index is 1660. The highest BCUT2D eigenvalue weighted by molar-refractivity contribution is 6.51. The monoisotopic (exact) mass is 563 g/mol. The van der Waals surface area contributed by atoms with Crippen molar-refractivity contribution in [3.8, 4) is 11.5 Å². The maximum absolute atomic E-state index is 13.5. The van der Waals surface area contributed by atoms with E-state index in [0.29, 0.717) is 34.7 Å². The minimum atomic E-state index is -0.966. The number of carbonyl (C=O) groups is 3. The van der Waals surface area contributed by atoms with Gasteiger partial charge in [0.2, 0.25) is 0 Å². The van der Waals surface area contributed by atoms with Gasteiger partial charge < -0.3 is 19.7 Å². The van der Waals surface area contributed by atoms with E-state index in [0.717, 1.165) is 11.1 Å². The van der Waals surface area contributed by atoms with E-state index in [4.69, 9.17) is 9.47 Å². The van der Waals surface area contributed by atoms with Crippen molar-refractivity contribution in [2.75, 3.05) is 12.0 Å². The molecular weight excluding hydrogens is 534 g/mol. The highest BCUT2D eigenvalue weighted by Crippen LogP contribution is 2.42. The van der Waals surface area contributed by atoms with E-state index in [1.165, 1.54) is 24.1 Å². The number of benzene rings is 4. The summed E-state index contributed by atoms with van der Waals surface area (Å²) in [6.07, 6.45) is 0.0569. The van der Waals surface area contributed by atoms with Crippen LogP contribution in [0.2, 0.25) is 0 Å². The number of Topliss-reactive ketones (excluding diaryl/α,β-unsaturated/α-hetero) is 1. The Morgan fingerprint density at radius 3 is 2.21 bits per heavy atom. The molecule has 8 heteroatoms. The standard InChI is InChI=1S/C34H29NO7/c1-21-18-25(12-17-28(21)42-20-23-6-4-3-5-7-23)32(38)30-31(24-10-15-27(36)16-11-24)35(34(40)33(30)39)26-13-8-22(9-14-26)19-29(37)41-2/h3-18,31,36,38H,19-20H2,1-2H3/b32-30-. The number of ketones is 1. The molecule has 1 amide bonds. The van der Waals surface area contributed by atoms with Gasteiger partial charge >= 0.3 is 5.97 Å². The third-order valence-corrected chi connectivity index (χ3v) is 7.13. The lowest BCUT2D eigenvalue weighted by atomic mass is 9.94. The van der Waals surface area contributed by atoms with Crippen LogP contribution in [0.3, 0.4) is 0 Å². The zero-order valence-corrected chi connectivity index (χ0v) is 23.1. The van der Waals surface area contributed by atoms with E-state index in [1.807, 2.05) is 37.3 Å². The van der Waals surface area contributed by atoms with Crippen molar-refractivity contribution >= 4 is 29.1 Å². The van der Waals surface area contributed by atoms with E-state index in [9.17, 15) is 24.6 Å². The lowest BCUT2D eigenvalue weighted by molar-refractivity contribution is -0.139. The third-order valence-electron chi connectivity index (χ3n) is 7.13. The number of phenolic OH excluding ortho intramolecular Hbond substituents is 1. The molecule has 0 aliphatic carbocycles. The minimum Gasteiger partial charge on any atom is -0.508 e. The minimum absolute atomic E-state index is 0.0181. The molecule has 4 aromatic rings. The molecule has 1 unspecified atom stereocenters. The topological polar surface area (TPSA) is 113 Å². The van der Waals surface area contributed by atoms with E-state index in [-0.39, 0.29) is 23.5 Å². The van der Waals surface area contributed by atoms with Crippen LogP contribution >= 0.6 is 0 Å². The smallest absolute Gasteiger partial charge is 0.309 e. The first-order valence-electron chi connectivity index (χ1n) is 13.3. The molecule has 4 aromatic carbocycles. The molecule has 1 saturated heterocycles. The number of aliphatic hydroxyl groups is 1. The molecule has 1 heterocycles. The van der Waals surface area contributed by atoms with Crippen LogP contribution in [-0.4, -0.2) is 35.0 Å². The number of rotatable bonds is 8. The fourth-order valence-corrected chi connectivity index (χ4v) is 4.93. The molecule has 1 fully saturated rings. The molecule has 1 aliphatic rings. The molecule has 8 nitrogen and oxygen atoms in total. The van der Waals surface area contributed by atoms with Crippen LogP contribution in [-0.2, 0) is 32.1 Å². The van der Waals surface area contributed by atoms with Gasteiger partial charge in [-0.05, 0) is 71.6 Å². The summed E-state index contributed by atoms with van der Waals surface area (Å²) in [7, 11) is 1.31. The number of amides is 1. The number of aryl methyl sites for hydroxylation is 1. The van der Waals surface area contributed by atoms with Crippen LogP contribution in [0.15, 0.2) is 103 Å². The Balaban J connectivity index is 1.52. The fraction of sp³-hybridized carbons (Fsp3) is 0.147. The van der Waals surface area contributed by atoms with Gasteiger partial charge in [0.15, 0.2) is 0 Å². The van der Waals surface area contributed by atoms with Gasteiger partial charge in [-0.25, -0.2) is 0 Å². The van der Waals surface area contributed by atoms with Crippen molar-refractivity contribution in [2.45, 2.75) is 26.0 Å². The Morgan fingerprint density at radius 2 is 1.57 bits per heavy atom. The molecule has 0 aromatic heterocycles. The maximum atomic E-state index is 13.5. The molecule has 5 rings (SSSR count). The first kappa shape index (κ1) is 28.2. The number of aliphatic hydroxyl groups excluding tert-OH is 1. The lowest BCUT2D eigenvalue weighted by Gasteiger charge is -2.25. The van der Waals surface area contributed by atoms with Crippen LogP contribution in [0.4, 0.5) is 5.69 Å². The highest BCUT2D eigenvalue weighted by Gasteiger charge is 2.47. The molecular formula is C34H29NO7. The number of carbonyl (C=O) groups excluding carboxylic acids is 3. The van der Waals surface area contributed by atoms with Crippen molar-refractivity contribution in [2.24, 2.45) is 0 Å². The predicted molar refractivity (Wildman–Crippen MR) is 157 cm³/mol. The SMILES string of the molecule is COC(=O)Cc1ccc(N2C(=O)C(=O)/C(=C(\O)c3ccc(OCc4ccccc4)c(C)c3)C2c2ccc(O)cc2)cc1. The first-order chi connectivity index (χ1) is 20.3. The fourth-order valence-electron chi connectivity index (χ4n) is 4.93. The normalized spacial score (nSPS) is 16.0. The van der Waals surface area contributed by atoms with E-state index in [2.05, 4.69) is 0 Å². The molecule has 212 valence electrons. The van der Waals surface area contributed by atoms with Crippen LogP contribution in [0.5, 0.6) is 11.5 Å². The number of hydrogen-bond acceptors (Lipinski definition) is 7. The molecule has 0 bridgehead atoms. The molecule has 2 N–H and O–H groups in total. The van der Waals surface area contributed by atoms with E-state index >= 15 is 0 Å². The van der Waals surface area contributed by atoms with Crippen molar-refractivity contribution in [3.05, 3.63) is 130 Å². The average molecular weight is 564 g/mol. The summed E-state index contributed by atoms with van der Waals surface area (Å²) < 4.78 is 10.7. The van der Waals surface area contributed by atoms with Gasteiger partial charge in [-0.15, -0.1) is 0 Å². The summed E-state index contributed by atoms with van der Waals surface area (Å²) in [5, 5.41) is 21.4. The summed E-state index contributed by atoms with van der Waals surface area (Å²) in [5.41, 5.74) is 3.63. The predicted octanol–water partition coefficient (Wildman–Crippen LogP) is 5.62. The highest BCUT2D eigenvalue weighted by atomic mass is 16.5. The van der Waals surface area contributed by atoms with Gasteiger partial charge in [0.1, 0.15) is 23.9 Å². The van der Waals surface area contributed by atoms with Gasteiger partial charge in [0, 0.05) is 11.3 Å². The van der Waals surface area contributed by atoms with Crippen LogP contribution < -0.4 is 9.64 Å². The van der Waals surface area contributed by atoms with Gasteiger partial charge in [-0.3, -0.25) is 19.3 Å². The van der Waals surface area contributed by atoms with Gasteiger partial charge in [-0.2, -0.15) is 0 Å². The Labute approximate surface area is 243 Å². The molecule has 0 spiro atoms. The van der Waals surface area contributed by atoms with Crippen LogP contribution in [0, 0.1) is 6.92 Å². The quantitative estimate of drug-likeness (QED) is 0.124. The van der Waals surface area contributed by atoms with Gasteiger partial charge in [0.05, 0.1) is 25.1 Å². The van der Waals surface area contributed by atoms with E-state index < -0.39 is 23.7 Å². The lowest BCUT2D eigenvalue weighted by Crippen LogP contribution is -2.29. The summed E-state index contributed by atoms with van der Waals surface area (Å²) >= 11 is 0. The number of anilines is 1. The van der Waals surface area contributed by atoms with Crippen molar-refractivity contribution in [3.63, 3.8) is 0 Å². The number of methoxy groups -OCH3 is 1. The summed E-state index contributed by atoms with van der Waals surface area (Å²) in [5.74, 6) is -1.74. The summed E-state index contributed by atoms with van der Waals surface area (Å²) in [4.78, 5) is 39.9. The second-order valence-corrected chi connectivity index (χ2v) is 9.93. The summed E-state index contributed by atoms with van der Waals surface area (Å²) in [6, 6.07) is 26.6. The zero-order valence-electron chi connectivity index (χ0n) is 23.1. The Hall–Kier alpha value is -5.37. The molecule has 1 atom stereocenters. The third kappa shape index (κ3) is 5.74. The van der Waals surface area contributed by atoms with Crippen molar-refractivity contribution < 1.29 is 34.1 Å². The number of aromatic hydroxyl groups is 1. The summed E-state index contributed by atoms with van der Waals surface area (Å²) in [6.45, 7) is 2.21. The average Bonchev–Trinajstić information content (AvgIpc) is 3.27. The number of hydrogen-bond donors (Lipinski definition) is 2. The van der Waals surface area contributed by atoms with Crippen LogP contribution in [0.25, 0.3) is 5.76 Å². The Kier molecular flexibility index (Phi) is 8.06. The number of nitrogens with zero attached hydrogens (tertiary/aromatic N) is 1. The molecule has 0 radical (unpaired) electrons. The van der Waals surface area contributed by atoms with Gasteiger partial charge in [0.25, 0.3) is 11.7 Å². The largest absolute Gasteiger partial charge is 0.508 e. The molecule has 1 aliphatic heterocycles. The number of phenols is 1. The molecule has 0 saturated carbocycles. The van der Waals surface area contributed by atoms with Gasteiger partial charge in [-0.1, -0.05) is 54.6 Å². The number of esters is 1. The van der Waals surface area contributed by atoms with Crippen molar-refractivity contribution in [1.82, 2.24) is 0 Å². The second kappa shape index (κ2) is 12.0. The van der Waals surface area contributed by atoms with Crippen molar-refractivity contribution in [1.29, 1.82) is 0 Å². The van der Waals surface area contributed by atoms with Crippen LogP contribution in [0.1, 0.15) is 33.9 Å². The Morgan fingerprint density at radius 1 is 0.881 bits per heavy atom. The zero-order chi connectivity index (χ0) is 29.8.